The van der Waals surface area contributed by atoms with Crippen molar-refractivity contribution >= 4 is 35.2 Å². The van der Waals surface area contributed by atoms with E-state index in [1.165, 1.54) is 6.07 Å². The fourth-order valence-corrected chi connectivity index (χ4v) is 1.33. The molecule has 0 spiro atoms. The maximum absolute atomic E-state index is 10.9. The van der Waals surface area contributed by atoms with Crippen LogP contribution < -0.4 is 11.1 Å². The molecule has 0 aliphatic heterocycles. The standard InChI is InChI=1S/C10H10ClN3O2/c11-6-1-2-8(14-3-4-15)7(5-6)9(12)10(13)16/h1-2,4-5,12,14H,3H2,(H2,13,16). The van der Waals surface area contributed by atoms with Gasteiger partial charge < -0.3 is 15.8 Å². The molecule has 0 heterocycles. The molecule has 16 heavy (non-hydrogen) atoms. The molecule has 0 saturated heterocycles. The van der Waals surface area contributed by atoms with E-state index in [2.05, 4.69) is 5.32 Å². The minimum Gasteiger partial charge on any atom is -0.378 e. The molecule has 0 aliphatic carbocycles. The lowest BCUT2D eigenvalue weighted by molar-refractivity contribution is -0.112. The summed E-state index contributed by atoms with van der Waals surface area (Å²) in [7, 11) is 0. The monoisotopic (exact) mass is 239 g/mol. The SMILES string of the molecule is N=C(C(N)=O)c1cc(Cl)ccc1NCC=O. The average Bonchev–Trinajstić information content (AvgIpc) is 2.26. The molecule has 0 bridgehead atoms. The van der Waals surface area contributed by atoms with Gasteiger partial charge in [-0.25, -0.2) is 0 Å². The smallest absolute Gasteiger partial charge is 0.267 e. The molecule has 1 amide bonds. The van der Waals surface area contributed by atoms with Crippen molar-refractivity contribution in [2.45, 2.75) is 0 Å². The molecule has 0 fully saturated rings. The van der Waals surface area contributed by atoms with E-state index >= 15 is 0 Å². The predicted octanol–water partition coefficient (Wildman–Crippen LogP) is 0.804. The Morgan fingerprint density at radius 1 is 1.56 bits per heavy atom. The van der Waals surface area contributed by atoms with Crippen molar-refractivity contribution in [2.24, 2.45) is 5.73 Å². The Morgan fingerprint density at radius 3 is 2.81 bits per heavy atom. The molecule has 0 saturated carbocycles. The number of rotatable bonds is 5. The zero-order chi connectivity index (χ0) is 12.1. The lowest BCUT2D eigenvalue weighted by atomic mass is 10.1. The molecule has 6 heteroatoms. The van der Waals surface area contributed by atoms with Gasteiger partial charge in [-0.15, -0.1) is 0 Å². The number of nitrogens with two attached hydrogens (primary N) is 1. The van der Waals surface area contributed by atoms with Gasteiger partial charge in [0.15, 0.2) is 0 Å². The molecular weight excluding hydrogens is 230 g/mol. The summed E-state index contributed by atoms with van der Waals surface area (Å²) in [5.74, 6) is -0.851. The number of anilines is 1. The summed E-state index contributed by atoms with van der Waals surface area (Å²) in [6.45, 7) is 0.0840. The van der Waals surface area contributed by atoms with Crippen LogP contribution in [0.3, 0.4) is 0 Å². The van der Waals surface area contributed by atoms with Crippen LogP contribution in [-0.2, 0) is 9.59 Å². The maximum atomic E-state index is 10.9. The van der Waals surface area contributed by atoms with Crippen LogP contribution in [0.4, 0.5) is 5.69 Å². The molecule has 1 aromatic rings. The Balaban J connectivity index is 3.12. The van der Waals surface area contributed by atoms with Crippen LogP contribution in [0.2, 0.25) is 5.02 Å². The summed E-state index contributed by atoms with van der Waals surface area (Å²) in [4.78, 5) is 21.1. The van der Waals surface area contributed by atoms with Crippen LogP contribution >= 0.6 is 11.6 Å². The van der Waals surface area contributed by atoms with E-state index in [9.17, 15) is 9.59 Å². The summed E-state index contributed by atoms with van der Waals surface area (Å²) >= 11 is 5.75. The van der Waals surface area contributed by atoms with Gasteiger partial charge in [-0.1, -0.05) is 11.6 Å². The number of amides is 1. The molecule has 0 radical (unpaired) electrons. The molecule has 0 unspecified atom stereocenters. The normalized spacial score (nSPS) is 9.56. The molecule has 4 N–H and O–H groups in total. The van der Waals surface area contributed by atoms with Crippen molar-refractivity contribution in [3.05, 3.63) is 28.8 Å². The van der Waals surface area contributed by atoms with Crippen molar-refractivity contribution in [3.63, 3.8) is 0 Å². The molecule has 84 valence electrons. The van der Waals surface area contributed by atoms with Gasteiger partial charge in [0.05, 0.1) is 6.54 Å². The van der Waals surface area contributed by atoms with Crippen LogP contribution in [0.1, 0.15) is 5.56 Å². The second kappa shape index (κ2) is 5.27. The second-order valence-electron chi connectivity index (χ2n) is 2.98. The number of carbonyl (C=O) groups excluding carboxylic acids is 2. The Labute approximate surface area is 97.1 Å². The molecule has 0 atom stereocenters. The second-order valence-corrected chi connectivity index (χ2v) is 3.41. The Hall–Kier alpha value is -1.88. The van der Waals surface area contributed by atoms with E-state index in [4.69, 9.17) is 22.7 Å². The summed E-state index contributed by atoms with van der Waals surface area (Å²) in [5.41, 5.74) is 5.41. The summed E-state index contributed by atoms with van der Waals surface area (Å²) in [5, 5.41) is 10.6. The highest BCUT2D eigenvalue weighted by Crippen LogP contribution is 2.20. The van der Waals surface area contributed by atoms with E-state index < -0.39 is 5.91 Å². The number of nitrogens with one attached hydrogen (secondary N) is 2. The average molecular weight is 240 g/mol. The quantitative estimate of drug-likeness (QED) is 0.524. The largest absolute Gasteiger partial charge is 0.378 e. The molecule has 5 nitrogen and oxygen atoms in total. The summed E-state index contributed by atoms with van der Waals surface area (Å²) in [6.07, 6.45) is 0.673. The minimum atomic E-state index is -0.851. The maximum Gasteiger partial charge on any atom is 0.267 e. The molecule has 1 aromatic carbocycles. The fraction of sp³-hybridized carbons (Fsp3) is 0.100. The van der Waals surface area contributed by atoms with Crippen molar-refractivity contribution in [1.29, 1.82) is 5.41 Å². The third kappa shape index (κ3) is 2.80. The van der Waals surface area contributed by atoms with Crippen molar-refractivity contribution < 1.29 is 9.59 Å². The van der Waals surface area contributed by atoms with Crippen molar-refractivity contribution in [3.8, 4) is 0 Å². The molecule has 1 rings (SSSR count). The third-order valence-electron chi connectivity index (χ3n) is 1.87. The molecule has 0 aliphatic rings. The summed E-state index contributed by atoms with van der Waals surface area (Å²) in [6, 6.07) is 4.62. The topological polar surface area (TPSA) is 96.0 Å². The Bertz CT molecular complexity index is 446. The first-order valence-corrected chi connectivity index (χ1v) is 4.80. The highest BCUT2D eigenvalue weighted by atomic mass is 35.5. The van der Waals surface area contributed by atoms with E-state index in [1.54, 1.807) is 12.1 Å². The van der Waals surface area contributed by atoms with E-state index in [-0.39, 0.29) is 17.8 Å². The van der Waals surface area contributed by atoms with Gasteiger partial charge in [-0.2, -0.15) is 0 Å². The van der Waals surface area contributed by atoms with Gasteiger partial charge in [0, 0.05) is 16.3 Å². The van der Waals surface area contributed by atoms with Crippen molar-refractivity contribution in [2.75, 3.05) is 11.9 Å². The van der Waals surface area contributed by atoms with Crippen LogP contribution in [0.15, 0.2) is 18.2 Å². The number of hydrogen-bond donors (Lipinski definition) is 3. The van der Waals surface area contributed by atoms with E-state index in [0.717, 1.165) is 0 Å². The molecule has 0 aromatic heterocycles. The number of primary amides is 1. The van der Waals surface area contributed by atoms with Crippen LogP contribution in [0.5, 0.6) is 0 Å². The van der Waals surface area contributed by atoms with Crippen LogP contribution in [0, 0.1) is 5.41 Å². The van der Waals surface area contributed by atoms with Gasteiger partial charge in [0.25, 0.3) is 5.91 Å². The van der Waals surface area contributed by atoms with Gasteiger partial charge in [0.1, 0.15) is 12.0 Å². The Kier molecular flexibility index (Phi) is 4.02. The number of carbonyl (C=O) groups is 2. The van der Waals surface area contributed by atoms with Crippen LogP contribution in [-0.4, -0.2) is 24.4 Å². The number of benzene rings is 1. The van der Waals surface area contributed by atoms with Gasteiger partial charge >= 0.3 is 0 Å². The third-order valence-corrected chi connectivity index (χ3v) is 2.11. The fourth-order valence-electron chi connectivity index (χ4n) is 1.16. The van der Waals surface area contributed by atoms with Gasteiger partial charge in [-0.05, 0) is 18.2 Å². The number of aldehydes is 1. The van der Waals surface area contributed by atoms with Gasteiger partial charge in [0.2, 0.25) is 0 Å². The first-order chi connectivity index (χ1) is 7.56. The first-order valence-electron chi connectivity index (χ1n) is 4.42. The first kappa shape index (κ1) is 12.2. The lowest BCUT2D eigenvalue weighted by Crippen LogP contribution is -2.24. The highest BCUT2D eigenvalue weighted by Gasteiger charge is 2.13. The van der Waals surface area contributed by atoms with Gasteiger partial charge in [-0.3, -0.25) is 10.2 Å². The zero-order valence-corrected chi connectivity index (χ0v) is 9.04. The summed E-state index contributed by atoms with van der Waals surface area (Å²) < 4.78 is 0. The van der Waals surface area contributed by atoms with E-state index in [0.29, 0.717) is 17.0 Å². The minimum absolute atomic E-state index is 0.0840. The molecular formula is C10H10ClN3O2. The lowest BCUT2D eigenvalue weighted by Gasteiger charge is -2.09. The number of halogens is 1. The van der Waals surface area contributed by atoms with E-state index in [1.807, 2.05) is 0 Å². The number of hydrogen-bond acceptors (Lipinski definition) is 4. The highest BCUT2D eigenvalue weighted by molar-refractivity contribution is 6.45. The van der Waals surface area contributed by atoms with Crippen LogP contribution in [0.25, 0.3) is 0 Å². The Morgan fingerprint density at radius 2 is 2.25 bits per heavy atom. The predicted molar refractivity (Wildman–Crippen MR) is 62.0 cm³/mol. The van der Waals surface area contributed by atoms with Crippen molar-refractivity contribution in [1.82, 2.24) is 0 Å². The zero-order valence-electron chi connectivity index (χ0n) is 8.29.